The van der Waals surface area contributed by atoms with Gasteiger partial charge < -0.3 is 9.84 Å². The summed E-state index contributed by atoms with van der Waals surface area (Å²) in [5.74, 6) is -0.543. The summed E-state index contributed by atoms with van der Waals surface area (Å²) in [6.07, 6.45) is 3.69. The highest BCUT2D eigenvalue weighted by atomic mass is 79.9. The number of amides is 2. The Morgan fingerprint density at radius 2 is 2.07 bits per heavy atom. The predicted molar refractivity (Wildman–Crippen MR) is 114 cm³/mol. The van der Waals surface area contributed by atoms with Crippen molar-refractivity contribution in [1.29, 1.82) is 0 Å². The number of phenolic OH excluding ortho intramolecular Hbond substituents is 1. The molecule has 0 aliphatic carbocycles. The van der Waals surface area contributed by atoms with Gasteiger partial charge >= 0.3 is 0 Å². The van der Waals surface area contributed by atoms with Crippen LogP contribution in [0.3, 0.4) is 0 Å². The molecule has 2 heterocycles. The zero-order valence-corrected chi connectivity index (χ0v) is 19.4. The first-order chi connectivity index (χ1) is 14.0. The summed E-state index contributed by atoms with van der Waals surface area (Å²) >= 11 is 10.1. The molecule has 0 saturated carbocycles. The monoisotopic (exact) mass is 533 g/mol. The van der Waals surface area contributed by atoms with Gasteiger partial charge in [0.05, 0.1) is 4.91 Å². The number of imide groups is 1. The van der Waals surface area contributed by atoms with Gasteiger partial charge in [-0.1, -0.05) is 27.5 Å². The van der Waals surface area contributed by atoms with E-state index in [1.165, 1.54) is 31.5 Å². The van der Waals surface area contributed by atoms with Crippen molar-refractivity contribution < 1.29 is 27.9 Å². The third kappa shape index (κ3) is 4.77. The smallest absolute Gasteiger partial charge is 0.293 e. The Morgan fingerprint density at radius 1 is 1.37 bits per heavy atom. The summed E-state index contributed by atoms with van der Waals surface area (Å²) in [6, 6.07) is 2.85. The van der Waals surface area contributed by atoms with Crippen LogP contribution in [0.1, 0.15) is 11.1 Å². The standard InChI is InChI=1S/C17H13BrClN3O6S2/c1-22-15(24)13(29-17(22)25)4-8-3-12(11(23)5-10(8)18)28-7-9-6-20-16(21-14(9)19)30(2,26)27/h3-6,23H,7H2,1-2H3/b13-4-. The van der Waals surface area contributed by atoms with E-state index in [0.717, 1.165) is 22.9 Å². The molecular formula is C17H13BrClN3O6S2. The molecule has 2 aromatic rings. The molecule has 0 atom stereocenters. The summed E-state index contributed by atoms with van der Waals surface area (Å²) in [6.45, 7) is -0.150. The number of phenols is 1. The van der Waals surface area contributed by atoms with Crippen LogP contribution in [0, 0.1) is 0 Å². The maximum Gasteiger partial charge on any atom is 0.293 e. The molecule has 1 fully saturated rings. The lowest BCUT2D eigenvalue weighted by Crippen LogP contribution is -2.22. The summed E-state index contributed by atoms with van der Waals surface area (Å²) in [5.41, 5.74) is 0.802. The molecule has 0 unspecified atom stereocenters. The summed E-state index contributed by atoms with van der Waals surface area (Å²) in [7, 11) is -2.22. The van der Waals surface area contributed by atoms with Crippen molar-refractivity contribution in [2.45, 2.75) is 11.8 Å². The minimum Gasteiger partial charge on any atom is -0.504 e. The molecule has 0 bridgehead atoms. The van der Waals surface area contributed by atoms with Crippen LogP contribution in [0.5, 0.6) is 11.5 Å². The lowest BCUT2D eigenvalue weighted by atomic mass is 10.2. The fourth-order valence-electron chi connectivity index (χ4n) is 2.27. The Bertz CT molecular complexity index is 1200. The fraction of sp³-hybridized carbons (Fsp3) is 0.176. The number of carbonyl (C=O) groups excluding carboxylic acids is 2. The number of sulfone groups is 1. The van der Waals surface area contributed by atoms with Crippen molar-refractivity contribution >= 4 is 66.4 Å². The molecule has 158 valence electrons. The number of aromatic hydroxyl groups is 1. The molecule has 0 spiro atoms. The highest BCUT2D eigenvalue weighted by molar-refractivity contribution is 9.10. The molecular weight excluding hydrogens is 522 g/mol. The Morgan fingerprint density at radius 3 is 2.63 bits per heavy atom. The molecule has 9 nitrogen and oxygen atoms in total. The SMILES string of the molecule is CN1C(=O)S/C(=C\c2cc(OCc3cnc(S(C)(=O)=O)nc3Cl)c(O)cc2Br)C1=O. The minimum atomic E-state index is -3.61. The molecule has 1 saturated heterocycles. The minimum absolute atomic E-state index is 0.0726. The first kappa shape index (κ1) is 22.5. The number of nitrogens with zero attached hydrogens (tertiary/aromatic N) is 3. The molecule has 13 heteroatoms. The fourth-order valence-corrected chi connectivity index (χ4v) is 4.27. The van der Waals surface area contributed by atoms with Crippen molar-refractivity contribution in [1.82, 2.24) is 14.9 Å². The van der Waals surface area contributed by atoms with Crippen LogP contribution in [0.25, 0.3) is 6.08 Å². The van der Waals surface area contributed by atoms with Crippen LogP contribution < -0.4 is 4.74 Å². The number of carbonyl (C=O) groups is 2. The average Bonchev–Trinajstić information content (AvgIpc) is 2.89. The van der Waals surface area contributed by atoms with E-state index in [1.807, 2.05) is 0 Å². The lowest BCUT2D eigenvalue weighted by molar-refractivity contribution is -0.121. The van der Waals surface area contributed by atoms with Crippen LogP contribution in [-0.4, -0.2) is 52.8 Å². The van der Waals surface area contributed by atoms with Gasteiger partial charge in [-0.2, -0.15) is 0 Å². The van der Waals surface area contributed by atoms with Crippen molar-refractivity contribution in [2.24, 2.45) is 0 Å². The maximum atomic E-state index is 12.1. The maximum absolute atomic E-state index is 12.1. The number of thioether (sulfide) groups is 1. The number of rotatable bonds is 5. The number of hydrogen-bond donors (Lipinski definition) is 1. The second-order valence-corrected chi connectivity index (χ2v) is 10.2. The zero-order valence-electron chi connectivity index (χ0n) is 15.4. The Hall–Kier alpha value is -2.15. The number of likely N-dealkylation sites (N-methyl/N-ethyl adjacent to an activating group) is 1. The van der Waals surface area contributed by atoms with Crippen LogP contribution in [0.15, 0.2) is 32.9 Å². The normalized spacial score (nSPS) is 15.9. The largest absolute Gasteiger partial charge is 0.504 e. The van der Waals surface area contributed by atoms with Crippen LogP contribution in [-0.2, 0) is 21.2 Å². The van der Waals surface area contributed by atoms with Crippen molar-refractivity contribution in [3.8, 4) is 11.5 Å². The Labute approximate surface area is 189 Å². The average molecular weight is 535 g/mol. The van der Waals surface area contributed by atoms with Gasteiger partial charge in [0.2, 0.25) is 15.0 Å². The molecule has 1 aliphatic rings. The lowest BCUT2D eigenvalue weighted by Gasteiger charge is -2.11. The number of halogens is 2. The van der Waals surface area contributed by atoms with E-state index >= 15 is 0 Å². The quantitative estimate of drug-likeness (QED) is 0.349. The van der Waals surface area contributed by atoms with Crippen molar-refractivity contribution in [3.05, 3.63) is 44.0 Å². The summed E-state index contributed by atoms with van der Waals surface area (Å²) in [5, 5.41) is 9.27. The highest BCUT2D eigenvalue weighted by Gasteiger charge is 2.32. The molecule has 0 radical (unpaired) electrons. The van der Waals surface area contributed by atoms with E-state index < -0.39 is 20.9 Å². The van der Waals surface area contributed by atoms with Gasteiger partial charge in [0.15, 0.2) is 11.5 Å². The first-order valence-corrected chi connectivity index (χ1v) is 11.9. The van der Waals surface area contributed by atoms with E-state index in [2.05, 4.69) is 25.9 Å². The van der Waals surface area contributed by atoms with Gasteiger partial charge in [-0.25, -0.2) is 18.4 Å². The van der Waals surface area contributed by atoms with E-state index in [-0.39, 0.29) is 33.4 Å². The molecule has 1 N–H and O–H groups in total. The first-order valence-electron chi connectivity index (χ1n) is 8.05. The van der Waals surface area contributed by atoms with Crippen molar-refractivity contribution in [2.75, 3.05) is 13.3 Å². The topological polar surface area (TPSA) is 127 Å². The summed E-state index contributed by atoms with van der Waals surface area (Å²) in [4.78, 5) is 32.4. The Kier molecular flexibility index (Phi) is 6.41. The van der Waals surface area contributed by atoms with Gasteiger partial charge in [-0.15, -0.1) is 0 Å². The summed E-state index contributed by atoms with van der Waals surface area (Å²) < 4.78 is 29.0. The molecule has 1 aliphatic heterocycles. The van der Waals surface area contributed by atoms with Gasteiger partial charge in [0.1, 0.15) is 11.8 Å². The zero-order chi connectivity index (χ0) is 22.2. The van der Waals surface area contributed by atoms with Gasteiger partial charge in [0.25, 0.3) is 11.1 Å². The van der Waals surface area contributed by atoms with E-state index in [0.29, 0.717) is 15.6 Å². The number of benzene rings is 1. The van der Waals surface area contributed by atoms with Crippen molar-refractivity contribution in [3.63, 3.8) is 0 Å². The second kappa shape index (κ2) is 8.53. The number of hydrogen-bond acceptors (Lipinski definition) is 9. The molecule has 30 heavy (non-hydrogen) atoms. The van der Waals surface area contributed by atoms with Gasteiger partial charge in [-0.3, -0.25) is 14.5 Å². The number of ether oxygens (including phenoxy) is 1. The van der Waals surface area contributed by atoms with Gasteiger partial charge in [0, 0.05) is 29.5 Å². The molecule has 3 rings (SSSR count). The van der Waals surface area contributed by atoms with E-state index in [9.17, 15) is 23.1 Å². The van der Waals surface area contributed by atoms with Crippen LogP contribution >= 0.6 is 39.3 Å². The third-order valence-electron chi connectivity index (χ3n) is 3.86. The van der Waals surface area contributed by atoms with E-state index in [1.54, 1.807) is 0 Å². The molecule has 1 aromatic heterocycles. The highest BCUT2D eigenvalue weighted by Crippen LogP contribution is 2.37. The van der Waals surface area contributed by atoms with Crippen LogP contribution in [0.2, 0.25) is 5.15 Å². The van der Waals surface area contributed by atoms with Gasteiger partial charge in [-0.05, 0) is 35.5 Å². The number of aromatic nitrogens is 2. The van der Waals surface area contributed by atoms with Crippen LogP contribution in [0.4, 0.5) is 4.79 Å². The predicted octanol–water partition coefficient (Wildman–Crippen LogP) is 3.25. The Balaban J connectivity index is 1.85. The van der Waals surface area contributed by atoms with E-state index in [4.69, 9.17) is 16.3 Å². The second-order valence-electron chi connectivity index (χ2n) is 6.11. The third-order valence-corrected chi connectivity index (χ3v) is 6.69. The molecule has 2 amide bonds. The molecule has 1 aromatic carbocycles.